The van der Waals surface area contributed by atoms with Crippen molar-refractivity contribution < 1.29 is 4.74 Å². The molecule has 4 nitrogen and oxygen atoms in total. The van der Waals surface area contributed by atoms with Crippen LogP contribution < -0.4 is 15.4 Å². The minimum atomic E-state index is 0.0126. The molecular formula is C14H19N3O. The van der Waals surface area contributed by atoms with Gasteiger partial charge in [0.25, 0.3) is 0 Å². The molecule has 2 aliphatic rings. The highest BCUT2D eigenvalue weighted by atomic mass is 16.5. The van der Waals surface area contributed by atoms with E-state index < -0.39 is 0 Å². The van der Waals surface area contributed by atoms with Crippen LogP contribution in [0.5, 0.6) is 5.75 Å². The largest absolute Gasteiger partial charge is 0.495 e. The lowest BCUT2D eigenvalue weighted by Gasteiger charge is -2.37. The number of anilines is 1. The van der Waals surface area contributed by atoms with Gasteiger partial charge in [-0.15, -0.1) is 0 Å². The second kappa shape index (κ2) is 3.90. The predicted octanol–water partition coefficient (Wildman–Crippen LogP) is 2.00. The van der Waals surface area contributed by atoms with Crippen LogP contribution >= 0.6 is 0 Å². The number of rotatable bonds is 3. The summed E-state index contributed by atoms with van der Waals surface area (Å²) < 4.78 is 5.45. The van der Waals surface area contributed by atoms with Crippen LogP contribution in [0.25, 0.3) is 0 Å². The highest BCUT2D eigenvalue weighted by molar-refractivity contribution is 5.99. The van der Waals surface area contributed by atoms with Gasteiger partial charge in [0.15, 0.2) is 5.96 Å². The van der Waals surface area contributed by atoms with E-state index in [0.717, 1.165) is 18.0 Å². The van der Waals surface area contributed by atoms with E-state index in [0.29, 0.717) is 11.9 Å². The molecule has 0 radical (unpaired) electrons. The fourth-order valence-electron chi connectivity index (χ4n) is 2.87. The molecule has 96 valence electrons. The predicted molar refractivity (Wildman–Crippen MR) is 73.1 cm³/mol. The van der Waals surface area contributed by atoms with Crippen LogP contribution in [0.15, 0.2) is 29.3 Å². The maximum absolute atomic E-state index is 6.10. The molecule has 0 saturated heterocycles. The van der Waals surface area contributed by atoms with Gasteiger partial charge < -0.3 is 15.4 Å². The second-order valence-corrected chi connectivity index (χ2v) is 5.31. The van der Waals surface area contributed by atoms with E-state index in [2.05, 4.69) is 16.8 Å². The lowest BCUT2D eigenvalue weighted by atomic mass is 9.94. The first-order valence-corrected chi connectivity index (χ1v) is 6.40. The van der Waals surface area contributed by atoms with Gasteiger partial charge in [-0.05, 0) is 37.8 Å². The third-order valence-corrected chi connectivity index (χ3v) is 4.08. The van der Waals surface area contributed by atoms with Crippen LogP contribution in [0.3, 0.4) is 0 Å². The highest BCUT2D eigenvalue weighted by Gasteiger charge is 2.50. The van der Waals surface area contributed by atoms with Crippen molar-refractivity contribution in [2.45, 2.75) is 25.3 Å². The summed E-state index contributed by atoms with van der Waals surface area (Å²) in [5.41, 5.74) is 7.13. The van der Waals surface area contributed by atoms with Crippen LogP contribution in [0, 0.1) is 5.92 Å². The topological polar surface area (TPSA) is 50.9 Å². The molecule has 0 amide bonds. The number of nitrogens with two attached hydrogens (primary N) is 1. The minimum absolute atomic E-state index is 0.0126. The van der Waals surface area contributed by atoms with E-state index in [4.69, 9.17) is 10.5 Å². The fraction of sp³-hybridized carbons (Fsp3) is 0.500. The summed E-state index contributed by atoms with van der Waals surface area (Å²) in [6.45, 7) is 3.03. The monoisotopic (exact) mass is 245 g/mol. The van der Waals surface area contributed by atoms with Crippen LogP contribution in [0.4, 0.5) is 5.69 Å². The Kier molecular flexibility index (Phi) is 2.47. The third-order valence-electron chi connectivity index (χ3n) is 4.08. The van der Waals surface area contributed by atoms with Crippen molar-refractivity contribution in [2.24, 2.45) is 16.6 Å². The molecule has 1 aliphatic heterocycles. The molecule has 2 N–H and O–H groups in total. The van der Waals surface area contributed by atoms with Gasteiger partial charge in [-0.1, -0.05) is 12.1 Å². The van der Waals surface area contributed by atoms with Crippen molar-refractivity contribution >= 4 is 11.6 Å². The number of para-hydroxylation sites is 2. The quantitative estimate of drug-likeness (QED) is 0.886. The Morgan fingerprint density at radius 3 is 2.78 bits per heavy atom. The Labute approximate surface area is 107 Å². The van der Waals surface area contributed by atoms with Crippen molar-refractivity contribution in [3.05, 3.63) is 24.3 Å². The van der Waals surface area contributed by atoms with Crippen LogP contribution in [-0.4, -0.2) is 25.2 Å². The number of nitrogens with zero attached hydrogens (tertiary/aromatic N) is 2. The fourth-order valence-corrected chi connectivity index (χ4v) is 2.87. The highest BCUT2D eigenvalue weighted by Crippen LogP contribution is 2.48. The average molecular weight is 245 g/mol. The van der Waals surface area contributed by atoms with Crippen LogP contribution in [0.1, 0.15) is 19.8 Å². The Morgan fingerprint density at radius 1 is 1.39 bits per heavy atom. The van der Waals surface area contributed by atoms with Gasteiger partial charge in [0.05, 0.1) is 24.9 Å². The van der Waals surface area contributed by atoms with Crippen molar-refractivity contribution in [1.82, 2.24) is 0 Å². The first kappa shape index (κ1) is 11.4. The van der Waals surface area contributed by atoms with E-state index in [9.17, 15) is 0 Å². The molecule has 1 aliphatic carbocycles. The Morgan fingerprint density at radius 2 is 2.11 bits per heavy atom. The summed E-state index contributed by atoms with van der Waals surface area (Å²) in [5.74, 6) is 2.14. The zero-order chi connectivity index (χ0) is 12.8. The number of aliphatic imine (C=N–C) groups is 1. The van der Waals surface area contributed by atoms with Gasteiger partial charge in [-0.25, -0.2) is 0 Å². The van der Waals surface area contributed by atoms with Gasteiger partial charge >= 0.3 is 0 Å². The molecule has 0 spiro atoms. The van der Waals surface area contributed by atoms with Gasteiger partial charge in [0, 0.05) is 0 Å². The molecule has 18 heavy (non-hydrogen) atoms. The van der Waals surface area contributed by atoms with Crippen LogP contribution in [0.2, 0.25) is 0 Å². The molecule has 0 bridgehead atoms. The van der Waals surface area contributed by atoms with Gasteiger partial charge in [-0.2, -0.15) is 0 Å². The zero-order valence-corrected chi connectivity index (χ0v) is 10.9. The number of hydrogen-bond acceptors (Lipinski definition) is 4. The first-order chi connectivity index (χ1) is 8.66. The van der Waals surface area contributed by atoms with E-state index >= 15 is 0 Å². The van der Waals surface area contributed by atoms with Gasteiger partial charge in [0.1, 0.15) is 5.75 Å². The molecule has 1 aromatic rings. The third kappa shape index (κ3) is 1.55. The summed E-state index contributed by atoms with van der Waals surface area (Å²) in [6, 6.07) is 8.00. The maximum atomic E-state index is 6.10. The number of ether oxygens (including phenoxy) is 1. The summed E-state index contributed by atoms with van der Waals surface area (Å²) in [7, 11) is 1.69. The Balaban J connectivity index is 2.05. The molecule has 1 saturated carbocycles. The smallest absolute Gasteiger partial charge is 0.196 e. The zero-order valence-electron chi connectivity index (χ0n) is 10.9. The van der Waals surface area contributed by atoms with Crippen molar-refractivity contribution in [1.29, 1.82) is 0 Å². The molecule has 1 heterocycles. The first-order valence-electron chi connectivity index (χ1n) is 6.40. The summed E-state index contributed by atoms with van der Waals surface area (Å²) in [4.78, 5) is 6.60. The molecule has 1 atom stereocenters. The number of benzene rings is 1. The molecule has 0 aromatic heterocycles. The summed E-state index contributed by atoms with van der Waals surface area (Å²) >= 11 is 0. The SMILES string of the molecule is COc1ccccc1N1C(N)=NCC1(C)C1CC1. The Hall–Kier alpha value is -1.71. The van der Waals surface area contributed by atoms with E-state index in [1.54, 1.807) is 7.11 Å². The molecular weight excluding hydrogens is 226 g/mol. The lowest BCUT2D eigenvalue weighted by molar-refractivity contribution is 0.403. The standard InChI is InChI=1S/C14H19N3O/c1-14(10-7-8-10)9-16-13(15)17(14)11-5-3-4-6-12(11)18-2/h3-6,10H,7-9H2,1-2H3,(H2,15,16). The normalized spacial score (nSPS) is 27.2. The number of guanidine groups is 1. The van der Waals surface area contributed by atoms with Gasteiger partial charge in [0.2, 0.25) is 0 Å². The second-order valence-electron chi connectivity index (χ2n) is 5.31. The Bertz CT molecular complexity index is 496. The minimum Gasteiger partial charge on any atom is -0.495 e. The van der Waals surface area contributed by atoms with E-state index in [-0.39, 0.29) is 5.54 Å². The summed E-state index contributed by atoms with van der Waals surface area (Å²) in [6.07, 6.45) is 2.54. The molecule has 1 fully saturated rings. The maximum Gasteiger partial charge on any atom is 0.196 e. The molecule has 1 unspecified atom stereocenters. The lowest BCUT2D eigenvalue weighted by Crippen LogP contribution is -2.51. The number of hydrogen-bond donors (Lipinski definition) is 1. The summed E-state index contributed by atoms with van der Waals surface area (Å²) in [5, 5.41) is 0. The van der Waals surface area contributed by atoms with Crippen molar-refractivity contribution in [3.8, 4) is 5.75 Å². The average Bonchev–Trinajstić information content (AvgIpc) is 3.18. The van der Waals surface area contributed by atoms with Crippen LogP contribution in [-0.2, 0) is 0 Å². The number of methoxy groups -OCH3 is 1. The van der Waals surface area contributed by atoms with Crippen molar-refractivity contribution in [3.63, 3.8) is 0 Å². The molecule has 4 heteroatoms. The van der Waals surface area contributed by atoms with E-state index in [1.807, 2.05) is 24.3 Å². The molecule has 3 rings (SSSR count). The van der Waals surface area contributed by atoms with E-state index in [1.165, 1.54) is 12.8 Å². The molecule has 1 aromatic carbocycles. The van der Waals surface area contributed by atoms with Crippen molar-refractivity contribution in [2.75, 3.05) is 18.6 Å². The van der Waals surface area contributed by atoms with Gasteiger partial charge in [-0.3, -0.25) is 4.99 Å².